The van der Waals surface area contributed by atoms with Crippen LogP contribution in [-0.2, 0) is 4.79 Å². The van der Waals surface area contributed by atoms with Crippen molar-refractivity contribution in [1.29, 1.82) is 0 Å². The second-order valence-electron chi connectivity index (χ2n) is 9.44. The molecule has 1 aromatic heterocycles. The standard InChI is InChI=1S/C25H41N5O2/c1-4-5-8-22(31)19-26-25(32)23-9-6-10-24(27-23)30-14-7-13-29(17-18-30)21-11-15-28(16-12-21)20(2)3/h6,9-10,20-21H,4-5,7-8,11-19H2,1-3H3,(H,26,32). The van der Waals surface area contributed by atoms with Crippen molar-refractivity contribution in [1.82, 2.24) is 20.1 Å². The monoisotopic (exact) mass is 443 g/mol. The zero-order valence-electron chi connectivity index (χ0n) is 20.2. The van der Waals surface area contributed by atoms with Crippen LogP contribution in [0.4, 0.5) is 5.82 Å². The highest BCUT2D eigenvalue weighted by Gasteiger charge is 2.27. The van der Waals surface area contributed by atoms with Gasteiger partial charge in [0, 0.05) is 44.7 Å². The summed E-state index contributed by atoms with van der Waals surface area (Å²) in [6.07, 6.45) is 5.98. The lowest BCUT2D eigenvalue weighted by atomic mass is 10.0. The molecule has 1 N–H and O–H groups in total. The number of carbonyl (C=O) groups is 2. The molecular weight excluding hydrogens is 402 g/mol. The van der Waals surface area contributed by atoms with Gasteiger partial charge in [-0.1, -0.05) is 19.4 Å². The van der Waals surface area contributed by atoms with Crippen LogP contribution in [0.5, 0.6) is 0 Å². The summed E-state index contributed by atoms with van der Waals surface area (Å²) in [5.41, 5.74) is 0.382. The van der Waals surface area contributed by atoms with E-state index in [9.17, 15) is 9.59 Å². The average Bonchev–Trinajstić information content (AvgIpc) is 3.07. The number of amides is 1. The summed E-state index contributed by atoms with van der Waals surface area (Å²) in [6.45, 7) is 13.2. The number of nitrogens with zero attached hydrogens (tertiary/aromatic N) is 4. The molecule has 0 unspecified atom stereocenters. The van der Waals surface area contributed by atoms with Gasteiger partial charge < -0.3 is 15.1 Å². The van der Waals surface area contributed by atoms with E-state index in [1.807, 2.05) is 12.1 Å². The zero-order chi connectivity index (χ0) is 22.9. The fourth-order valence-corrected chi connectivity index (χ4v) is 4.76. The smallest absolute Gasteiger partial charge is 0.270 e. The maximum Gasteiger partial charge on any atom is 0.270 e. The Morgan fingerprint density at radius 3 is 2.59 bits per heavy atom. The van der Waals surface area contributed by atoms with Crippen molar-refractivity contribution in [2.45, 2.75) is 71.4 Å². The first-order chi connectivity index (χ1) is 15.5. The van der Waals surface area contributed by atoms with Gasteiger partial charge in [0.05, 0.1) is 6.54 Å². The molecule has 0 aliphatic carbocycles. The molecule has 2 fully saturated rings. The summed E-state index contributed by atoms with van der Waals surface area (Å²) in [6, 6.07) is 6.92. The van der Waals surface area contributed by atoms with Crippen molar-refractivity contribution in [2.24, 2.45) is 0 Å². The van der Waals surface area contributed by atoms with Crippen LogP contribution in [0.1, 0.15) is 69.8 Å². The molecule has 1 aromatic rings. The molecule has 0 radical (unpaired) electrons. The summed E-state index contributed by atoms with van der Waals surface area (Å²) in [7, 11) is 0. The van der Waals surface area contributed by atoms with E-state index in [2.05, 4.69) is 45.8 Å². The van der Waals surface area contributed by atoms with Gasteiger partial charge in [-0.25, -0.2) is 4.98 Å². The van der Waals surface area contributed by atoms with Crippen LogP contribution in [0.3, 0.4) is 0 Å². The molecule has 0 saturated carbocycles. The summed E-state index contributed by atoms with van der Waals surface area (Å²) in [4.78, 5) is 36.5. The van der Waals surface area contributed by atoms with Crippen LogP contribution in [0.15, 0.2) is 18.2 Å². The van der Waals surface area contributed by atoms with Crippen LogP contribution in [0, 0.1) is 0 Å². The van der Waals surface area contributed by atoms with Gasteiger partial charge in [-0.3, -0.25) is 14.5 Å². The Morgan fingerprint density at radius 1 is 1.09 bits per heavy atom. The Balaban J connectivity index is 1.52. The number of ketones is 1. The number of aromatic nitrogens is 1. The maximum atomic E-state index is 12.5. The zero-order valence-corrected chi connectivity index (χ0v) is 20.2. The Kier molecular flexibility index (Phi) is 9.48. The van der Waals surface area contributed by atoms with E-state index in [-0.39, 0.29) is 18.2 Å². The van der Waals surface area contributed by atoms with Crippen molar-refractivity contribution in [3.8, 4) is 0 Å². The first-order valence-electron chi connectivity index (χ1n) is 12.5. The number of likely N-dealkylation sites (tertiary alicyclic amines) is 1. The molecule has 178 valence electrons. The SMILES string of the molecule is CCCCC(=O)CNC(=O)c1cccc(N2CCCN(C3CCN(C(C)C)CC3)CC2)n1. The summed E-state index contributed by atoms with van der Waals surface area (Å²) >= 11 is 0. The predicted octanol–water partition coefficient (Wildman–Crippen LogP) is 2.96. The average molecular weight is 444 g/mol. The van der Waals surface area contributed by atoms with Gasteiger partial charge in [0.15, 0.2) is 5.78 Å². The molecule has 0 bridgehead atoms. The predicted molar refractivity (Wildman–Crippen MR) is 129 cm³/mol. The van der Waals surface area contributed by atoms with Crippen LogP contribution < -0.4 is 10.2 Å². The number of hydrogen-bond donors (Lipinski definition) is 1. The highest BCUT2D eigenvalue weighted by atomic mass is 16.2. The van der Waals surface area contributed by atoms with Crippen molar-refractivity contribution >= 4 is 17.5 Å². The molecular formula is C25H41N5O2. The lowest BCUT2D eigenvalue weighted by Crippen LogP contribution is -2.47. The minimum Gasteiger partial charge on any atom is -0.355 e. The highest BCUT2D eigenvalue weighted by Crippen LogP contribution is 2.21. The lowest BCUT2D eigenvalue weighted by Gasteiger charge is -2.39. The molecule has 7 nitrogen and oxygen atoms in total. The van der Waals surface area contributed by atoms with E-state index in [0.29, 0.717) is 24.2 Å². The molecule has 3 rings (SSSR count). The van der Waals surface area contributed by atoms with E-state index in [4.69, 9.17) is 0 Å². The lowest BCUT2D eigenvalue weighted by molar-refractivity contribution is -0.118. The van der Waals surface area contributed by atoms with E-state index < -0.39 is 0 Å². The van der Waals surface area contributed by atoms with E-state index in [1.165, 1.54) is 25.9 Å². The van der Waals surface area contributed by atoms with Gasteiger partial charge in [0.25, 0.3) is 5.91 Å². The Bertz CT molecular complexity index is 746. The van der Waals surface area contributed by atoms with Crippen LogP contribution in [-0.4, -0.2) is 84.4 Å². The number of piperidine rings is 1. The molecule has 2 aliphatic rings. The normalized spacial score (nSPS) is 19.2. The topological polar surface area (TPSA) is 68.8 Å². The van der Waals surface area contributed by atoms with Gasteiger partial charge in [0.2, 0.25) is 0 Å². The number of pyridine rings is 1. The number of anilines is 1. The Morgan fingerprint density at radius 2 is 1.88 bits per heavy atom. The first-order valence-corrected chi connectivity index (χ1v) is 12.5. The number of rotatable bonds is 9. The Hall–Kier alpha value is -1.99. The van der Waals surface area contributed by atoms with Crippen molar-refractivity contribution in [3.05, 3.63) is 23.9 Å². The van der Waals surface area contributed by atoms with Gasteiger partial charge in [-0.05, 0) is 64.8 Å². The van der Waals surface area contributed by atoms with E-state index in [0.717, 1.165) is 51.3 Å². The summed E-state index contributed by atoms with van der Waals surface area (Å²) < 4.78 is 0. The minimum atomic E-state index is -0.273. The molecule has 2 aliphatic heterocycles. The third-order valence-corrected chi connectivity index (χ3v) is 6.82. The molecule has 3 heterocycles. The van der Waals surface area contributed by atoms with Gasteiger partial charge in [0.1, 0.15) is 11.5 Å². The van der Waals surface area contributed by atoms with Crippen molar-refractivity contribution in [2.75, 3.05) is 50.7 Å². The number of unbranched alkanes of at least 4 members (excludes halogenated alkanes) is 1. The minimum absolute atomic E-state index is 0.0724. The highest BCUT2D eigenvalue weighted by molar-refractivity contribution is 5.95. The second kappa shape index (κ2) is 12.3. The third-order valence-electron chi connectivity index (χ3n) is 6.82. The number of hydrogen-bond acceptors (Lipinski definition) is 6. The molecule has 0 spiro atoms. The van der Waals surface area contributed by atoms with E-state index >= 15 is 0 Å². The maximum absolute atomic E-state index is 12.5. The number of carbonyl (C=O) groups excluding carboxylic acids is 2. The molecule has 7 heteroatoms. The van der Waals surface area contributed by atoms with Crippen LogP contribution in [0.25, 0.3) is 0 Å². The molecule has 1 amide bonds. The summed E-state index contributed by atoms with van der Waals surface area (Å²) in [5.74, 6) is 0.652. The van der Waals surface area contributed by atoms with Gasteiger partial charge in [-0.15, -0.1) is 0 Å². The van der Waals surface area contributed by atoms with Crippen molar-refractivity contribution < 1.29 is 9.59 Å². The molecule has 0 aromatic carbocycles. The van der Waals surface area contributed by atoms with E-state index in [1.54, 1.807) is 6.07 Å². The molecule has 2 saturated heterocycles. The van der Waals surface area contributed by atoms with Crippen molar-refractivity contribution in [3.63, 3.8) is 0 Å². The molecule has 32 heavy (non-hydrogen) atoms. The first kappa shape index (κ1) is 24.6. The summed E-state index contributed by atoms with van der Waals surface area (Å²) in [5, 5.41) is 2.73. The third kappa shape index (κ3) is 7.01. The van der Waals surface area contributed by atoms with Crippen LogP contribution >= 0.6 is 0 Å². The fourth-order valence-electron chi connectivity index (χ4n) is 4.76. The van der Waals surface area contributed by atoms with Gasteiger partial charge >= 0.3 is 0 Å². The number of nitrogens with one attached hydrogen (secondary N) is 1. The second-order valence-corrected chi connectivity index (χ2v) is 9.44. The number of Topliss-reactive ketones (excluding diaryl/α,β-unsaturated/α-hetero) is 1. The van der Waals surface area contributed by atoms with Gasteiger partial charge in [-0.2, -0.15) is 0 Å². The molecule has 0 atom stereocenters. The fraction of sp³-hybridized carbons (Fsp3) is 0.720. The largest absolute Gasteiger partial charge is 0.355 e. The Labute approximate surface area is 193 Å². The quantitative estimate of drug-likeness (QED) is 0.633. The van der Waals surface area contributed by atoms with Crippen LogP contribution in [0.2, 0.25) is 0 Å².